The maximum atomic E-state index is 12.7. The van der Waals surface area contributed by atoms with E-state index in [1.807, 2.05) is 0 Å². The SMILES string of the molecule is CC(=O)NCCN(C(=O)c1csc(-c2cnccn2)n1)C(C)C(=O)O. The number of aromatic nitrogens is 3. The molecule has 25 heavy (non-hydrogen) atoms. The predicted molar refractivity (Wildman–Crippen MR) is 90.0 cm³/mol. The molecule has 0 bridgehead atoms. The van der Waals surface area contributed by atoms with Crippen molar-refractivity contribution in [1.29, 1.82) is 0 Å². The van der Waals surface area contributed by atoms with Gasteiger partial charge in [0.2, 0.25) is 5.91 Å². The molecule has 0 saturated carbocycles. The van der Waals surface area contributed by atoms with Gasteiger partial charge in [-0.2, -0.15) is 0 Å². The molecule has 2 aromatic rings. The molecular weight excluding hydrogens is 346 g/mol. The van der Waals surface area contributed by atoms with E-state index in [2.05, 4.69) is 20.3 Å². The zero-order chi connectivity index (χ0) is 18.4. The lowest BCUT2D eigenvalue weighted by Gasteiger charge is -2.25. The number of aliphatic carboxylic acids is 1. The van der Waals surface area contributed by atoms with Gasteiger partial charge in [-0.15, -0.1) is 11.3 Å². The van der Waals surface area contributed by atoms with Crippen molar-refractivity contribution in [1.82, 2.24) is 25.2 Å². The standard InChI is InChI=1S/C15H17N5O4S/c1-9(15(23)24)20(6-5-17-10(2)21)14(22)12-8-25-13(19-12)11-7-16-3-4-18-11/h3-4,7-9H,5-6H2,1-2H3,(H,17,21)(H,23,24). The zero-order valence-electron chi connectivity index (χ0n) is 13.7. The summed E-state index contributed by atoms with van der Waals surface area (Å²) in [4.78, 5) is 48.4. The van der Waals surface area contributed by atoms with Gasteiger partial charge in [0.15, 0.2) is 0 Å². The first kappa shape index (κ1) is 18.5. The average molecular weight is 363 g/mol. The second-order valence-corrected chi connectivity index (χ2v) is 5.98. The maximum absolute atomic E-state index is 12.7. The molecule has 2 heterocycles. The van der Waals surface area contributed by atoms with Gasteiger partial charge in [-0.3, -0.25) is 19.6 Å². The van der Waals surface area contributed by atoms with Gasteiger partial charge in [-0.05, 0) is 6.92 Å². The van der Waals surface area contributed by atoms with Crippen LogP contribution in [-0.4, -0.2) is 61.9 Å². The summed E-state index contributed by atoms with van der Waals surface area (Å²) in [6.07, 6.45) is 4.58. The summed E-state index contributed by atoms with van der Waals surface area (Å²) in [5, 5.41) is 13.8. The highest BCUT2D eigenvalue weighted by Crippen LogP contribution is 2.22. The second-order valence-electron chi connectivity index (χ2n) is 5.12. The highest BCUT2D eigenvalue weighted by Gasteiger charge is 2.28. The Balaban J connectivity index is 2.19. The molecular formula is C15H17N5O4S. The lowest BCUT2D eigenvalue weighted by molar-refractivity contribution is -0.141. The third-order valence-electron chi connectivity index (χ3n) is 3.32. The van der Waals surface area contributed by atoms with Gasteiger partial charge in [0.25, 0.3) is 5.91 Å². The summed E-state index contributed by atoms with van der Waals surface area (Å²) in [6.45, 7) is 2.97. The van der Waals surface area contributed by atoms with E-state index < -0.39 is 17.9 Å². The van der Waals surface area contributed by atoms with Crippen molar-refractivity contribution < 1.29 is 19.5 Å². The van der Waals surface area contributed by atoms with E-state index in [4.69, 9.17) is 0 Å². The highest BCUT2D eigenvalue weighted by atomic mass is 32.1. The van der Waals surface area contributed by atoms with E-state index in [-0.39, 0.29) is 24.7 Å². The number of amides is 2. The van der Waals surface area contributed by atoms with Crippen LogP contribution in [0.5, 0.6) is 0 Å². The summed E-state index contributed by atoms with van der Waals surface area (Å²) in [7, 11) is 0. The van der Waals surface area contributed by atoms with Crippen molar-refractivity contribution >= 4 is 29.1 Å². The number of hydrogen-bond acceptors (Lipinski definition) is 7. The molecule has 0 aromatic carbocycles. The molecule has 1 atom stereocenters. The van der Waals surface area contributed by atoms with Crippen LogP contribution >= 0.6 is 11.3 Å². The summed E-state index contributed by atoms with van der Waals surface area (Å²) >= 11 is 1.22. The van der Waals surface area contributed by atoms with Crippen molar-refractivity contribution in [2.24, 2.45) is 0 Å². The summed E-state index contributed by atoms with van der Waals surface area (Å²) in [6, 6.07) is -1.05. The summed E-state index contributed by atoms with van der Waals surface area (Å²) in [5.41, 5.74) is 0.657. The monoisotopic (exact) mass is 363 g/mol. The molecule has 0 aliphatic heterocycles. The Kier molecular flexibility index (Phi) is 6.12. The minimum absolute atomic E-state index is 0.0594. The van der Waals surface area contributed by atoms with Crippen LogP contribution in [-0.2, 0) is 9.59 Å². The lowest BCUT2D eigenvalue weighted by atomic mass is 10.2. The topological polar surface area (TPSA) is 125 Å². The molecule has 0 radical (unpaired) electrons. The van der Waals surface area contributed by atoms with Gasteiger partial charge in [-0.25, -0.2) is 9.78 Å². The quantitative estimate of drug-likeness (QED) is 0.740. The zero-order valence-corrected chi connectivity index (χ0v) is 14.5. The first-order valence-electron chi connectivity index (χ1n) is 7.40. The van der Waals surface area contributed by atoms with Crippen LogP contribution in [0.15, 0.2) is 24.0 Å². The lowest BCUT2D eigenvalue weighted by Crippen LogP contribution is -2.46. The fourth-order valence-electron chi connectivity index (χ4n) is 2.00. The van der Waals surface area contributed by atoms with E-state index in [0.717, 1.165) is 4.90 Å². The maximum Gasteiger partial charge on any atom is 0.326 e. The predicted octanol–water partition coefficient (Wildman–Crippen LogP) is 0.651. The van der Waals surface area contributed by atoms with Crippen LogP contribution < -0.4 is 5.32 Å². The Morgan fingerprint density at radius 1 is 1.36 bits per heavy atom. The molecule has 0 spiro atoms. The molecule has 0 fully saturated rings. The van der Waals surface area contributed by atoms with Crippen molar-refractivity contribution in [3.8, 4) is 10.7 Å². The van der Waals surface area contributed by atoms with Gasteiger partial charge < -0.3 is 15.3 Å². The minimum atomic E-state index is -1.14. The van der Waals surface area contributed by atoms with Gasteiger partial charge in [-0.1, -0.05) is 0 Å². The van der Waals surface area contributed by atoms with Crippen LogP contribution in [0.2, 0.25) is 0 Å². The van der Waals surface area contributed by atoms with E-state index >= 15 is 0 Å². The number of carboxylic acids is 1. The number of nitrogens with one attached hydrogen (secondary N) is 1. The number of carboxylic acid groups (broad SMARTS) is 1. The summed E-state index contributed by atoms with van der Waals surface area (Å²) in [5.74, 6) is -1.92. The van der Waals surface area contributed by atoms with Crippen LogP contribution in [0.3, 0.4) is 0 Å². The smallest absolute Gasteiger partial charge is 0.326 e. The van der Waals surface area contributed by atoms with Crippen LogP contribution in [0.25, 0.3) is 10.7 Å². The van der Waals surface area contributed by atoms with Gasteiger partial charge >= 0.3 is 5.97 Å². The molecule has 9 nitrogen and oxygen atoms in total. The Labute approximate surface area is 147 Å². The number of carbonyl (C=O) groups is 3. The van der Waals surface area contributed by atoms with Crippen molar-refractivity contribution in [3.05, 3.63) is 29.7 Å². The van der Waals surface area contributed by atoms with E-state index in [9.17, 15) is 19.5 Å². The third-order valence-corrected chi connectivity index (χ3v) is 4.18. The third kappa shape index (κ3) is 4.80. The molecule has 10 heteroatoms. The summed E-state index contributed by atoms with van der Waals surface area (Å²) < 4.78 is 0. The van der Waals surface area contributed by atoms with E-state index in [0.29, 0.717) is 10.7 Å². The fraction of sp³-hybridized carbons (Fsp3) is 0.333. The highest BCUT2D eigenvalue weighted by molar-refractivity contribution is 7.13. The Bertz CT molecular complexity index is 764. The van der Waals surface area contributed by atoms with E-state index in [1.165, 1.54) is 43.8 Å². The molecule has 132 valence electrons. The molecule has 0 saturated heterocycles. The Hall–Kier alpha value is -2.88. The molecule has 2 amide bonds. The second kappa shape index (κ2) is 8.29. The number of nitrogens with zero attached hydrogens (tertiary/aromatic N) is 4. The number of thiazole rings is 1. The Morgan fingerprint density at radius 3 is 2.72 bits per heavy atom. The van der Waals surface area contributed by atoms with Crippen molar-refractivity contribution in [3.63, 3.8) is 0 Å². The first-order chi connectivity index (χ1) is 11.9. The van der Waals surface area contributed by atoms with Crippen LogP contribution in [0.1, 0.15) is 24.3 Å². The minimum Gasteiger partial charge on any atom is -0.480 e. The van der Waals surface area contributed by atoms with Crippen molar-refractivity contribution in [2.45, 2.75) is 19.9 Å². The number of carbonyl (C=O) groups excluding carboxylic acids is 2. The van der Waals surface area contributed by atoms with Gasteiger partial charge in [0.05, 0.1) is 6.20 Å². The van der Waals surface area contributed by atoms with Crippen molar-refractivity contribution in [2.75, 3.05) is 13.1 Å². The fourth-order valence-corrected chi connectivity index (χ4v) is 2.76. The van der Waals surface area contributed by atoms with E-state index in [1.54, 1.807) is 5.38 Å². The van der Waals surface area contributed by atoms with Gasteiger partial charge in [0.1, 0.15) is 22.4 Å². The average Bonchev–Trinajstić information content (AvgIpc) is 3.08. The number of rotatable bonds is 7. The molecule has 2 aromatic heterocycles. The molecule has 2 N–H and O–H groups in total. The number of hydrogen-bond donors (Lipinski definition) is 2. The molecule has 1 unspecified atom stereocenters. The normalized spacial score (nSPS) is 11.6. The van der Waals surface area contributed by atoms with Crippen LogP contribution in [0.4, 0.5) is 0 Å². The Morgan fingerprint density at radius 2 is 2.12 bits per heavy atom. The van der Waals surface area contributed by atoms with Crippen LogP contribution in [0, 0.1) is 0 Å². The molecule has 0 aliphatic carbocycles. The molecule has 0 aliphatic rings. The van der Waals surface area contributed by atoms with Gasteiger partial charge in [0, 0.05) is 37.8 Å². The molecule has 2 rings (SSSR count). The first-order valence-corrected chi connectivity index (χ1v) is 8.28. The largest absolute Gasteiger partial charge is 0.480 e.